The first-order valence-corrected chi connectivity index (χ1v) is 32.2. The second-order valence-electron chi connectivity index (χ2n) is 21.8. The Kier molecular flexibility index (Phi) is 52.0. The number of unbranched alkanes of at least 4 members (excludes halogenated alkanes) is 29. The Balaban J connectivity index is 5.30. The van der Waals surface area contributed by atoms with Crippen LogP contribution in [0.3, 0.4) is 0 Å². The lowest BCUT2D eigenvalue weighted by atomic mass is 10.0. The van der Waals surface area contributed by atoms with E-state index in [1.165, 1.54) is 128 Å². The van der Waals surface area contributed by atoms with Crippen molar-refractivity contribution in [1.82, 2.24) is 5.32 Å². The number of quaternary nitrogens is 1. The first kappa shape index (κ1) is 71.5. The van der Waals surface area contributed by atoms with Crippen LogP contribution in [0.25, 0.3) is 0 Å². The maximum absolute atomic E-state index is 13.5. The number of ether oxygens (including phenoxy) is 1. The second-order valence-corrected chi connectivity index (χ2v) is 23.3. The number of nitrogens with one attached hydrogen (secondary N) is 1. The zero-order valence-electron chi connectivity index (χ0n) is 49.0. The Morgan fingerprint density at radius 2 is 0.824 bits per heavy atom. The number of carbonyl (C=O) groups is 2. The maximum atomic E-state index is 13.5. The van der Waals surface area contributed by atoms with E-state index in [2.05, 4.69) is 86.8 Å². The van der Waals surface area contributed by atoms with Gasteiger partial charge in [0.05, 0.1) is 33.8 Å². The summed E-state index contributed by atoms with van der Waals surface area (Å²) < 4.78 is 30.3. The van der Waals surface area contributed by atoms with E-state index in [0.717, 1.165) is 103 Å². The van der Waals surface area contributed by atoms with Gasteiger partial charge in [0.15, 0.2) is 0 Å². The summed E-state index contributed by atoms with van der Waals surface area (Å²) in [5, 5.41) is 3.02. The number of rotatable bonds is 55. The number of amides is 1. The molecule has 0 saturated heterocycles. The zero-order valence-corrected chi connectivity index (χ0v) is 49.9. The standard InChI is InChI=1S/C64H117N2O7P/c1-7-10-13-16-19-22-25-28-30-31-32-33-34-35-37-39-42-45-48-51-54-57-64(68)73-62(55-52-49-46-43-40-27-24-21-18-15-12-9-3)61(60-72-74(69,70)71-59-58-66(4,5)6)65-63(67)56-53-50-47-44-41-38-36-29-26-23-20-17-14-11-8-2/h19,22-23,26,28,30,32-33,35,37,52,55,61-62H,7-18,20-21,24-25,27,29,31,34,36,38-51,53-54,56-60H2,1-6H3,(H-,65,67,69,70)/b22-19-,26-23-,30-28-,33-32-,37-35-,55-52-. The van der Waals surface area contributed by atoms with Gasteiger partial charge in [0.25, 0.3) is 7.82 Å². The Morgan fingerprint density at radius 1 is 0.473 bits per heavy atom. The predicted molar refractivity (Wildman–Crippen MR) is 316 cm³/mol. The summed E-state index contributed by atoms with van der Waals surface area (Å²) in [5.74, 6) is -0.566. The van der Waals surface area contributed by atoms with E-state index < -0.39 is 26.6 Å². The molecule has 0 bridgehead atoms. The summed E-state index contributed by atoms with van der Waals surface area (Å²) in [7, 11) is 1.17. The summed E-state index contributed by atoms with van der Waals surface area (Å²) in [6.45, 7) is 6.79. The highest BCUT2D eigenvalue weighted by Crippen LogP contribution is 2.38. The van der Waals surface area contributed by atoms with Gasteiger partial charge in [-0.3, -0.25) is 14.2 Å². The van der Waals surface area contributed by atoms with Gasteiger partial charge in [-0.1, -0.05) is 229 Å². The fourth-order valence-electron chi connectivity index (χ4n) is 8.56. The molecule has 0 saturated carbocycles. The van der Waals surface area contributed by atoms with Crippen LogP contribution in [0, 0.1) is 0 Å². The summed E-state index contributed by atoms with van der Waals surface area (Å²) in [6.07, 6.45) is 68.6. The molecule has 74 heavy (non-hydrogen) atoms. The van der Waals surface area contributed by atoms with Crippen LogP contribution in [-0.4, -0.2) is 69.4 Å². The molecule has 3 unspecified atom stereocenters. The first-order valence-electron chi connectivity index (χ1n) is 30.7. The molecule has 3 atom stereocenters. The second kappa shape index (κ2) is 53.8. The molecule has 430 valence electrons. The molecule has 0 aliphatic heterocycles. The van der Waals surface area contributed by atoms with Gasteiger partial charge in [-0.2, -0.15) is 0 Å². The quantitative estimate of drug-likeness (QED) is 0.0212. The number of likely N-dealkylation sites (N-methyl/N-ethyl adjacent to an activating group) is 1. The van der Waals surface area contributed by atoms with Gasteiger partial charge in [-0.25, -0.2) is 0 Å². The number of hydrogen-bond acceptors (Lipinski definition) is 7. The summed E-state index contributed by atoms with van der Waals surface area (Å²) >= 11 is 0. The summed E-state index contributed by atoms with van der Waals surface area (Å²) in [5.41, 5.74) is 0. The van der Waals surface area contributed by atoms with Crippen molar-refractivity contribution in [2.24, 2.45) is 0 Å². The molecule has 1 amide bonds. The monoisotopic (exact) mass is 1060 g/mol. The van der Waals surface area contributed by atoms with Crippen molar-refractivity contribution < 1.29 is 37.3 Å². The van der Waals surface area contributed by atoms with Gasteiger partial charge in [0.1, 0.15) is 19.3 Å². The Morgan fingerprint density at radius 3 is 1.28 bits per heavy atom. The Bertz CT molecular complexity index is 1500. The third kappa shape index (κ3) is 54.2. The molecule has 0 aromatic carbocycles. The van der Waals surface area contributed by atoms with E-state index in [9.17, 15) is 19.0 Å². The van der Waals surface area contributed by atoms with Crippen LogP contribution in [0.5, 0.6) is 0 Å². The predicted octanol–water partition coefficient (Wildman–Crippen LogP) is 18.2. The molecular weight excluding hydrogens is 940 g/mol. The van der Waals surface area contributed by atoms with Gasteiger partial charge in [-0.15, -0.1) is 0 Å². The fraction of sp³-hybridized carbons (Fsp3) is 0.781. The number of phosphoric acid groups is 1. The zero-order chi connectivity index (χ0) is 54.3. The maximum Gasteiger partial charge on any atom is 0.306 e. The molecular formula is C64H117N2O7P. The van der Waals surface area contributed by atoms with Crippen LogP contribution < -0.4 is 10.2 Å². The van der Waals surface area contributed by atoms with E-state index in [-0.39, 0.29) is 24.9 Å². The van der Waals surface area contributed by atoms with Crippen LogP contribution in [0.2, 0.25) is 0 Å². The number of carbonyl (C=O) groups excluding carboxylic acids is 2. The first-order chi connectivity index (χ1) is 35.9. The van der Waals surface area contributed by atoms with Crippen LogP contribution >= 0.6 is 7.82 Å². The van der Waals surface area contributed by atoms with E-state index in [0.29, 0.717) is 23.9 Å². The number of nitrogens with zero attached hydrogens (tertiary/aromatic N) is 1. The number of allylic oxidation sites excluding steroid dienone is 11. The van der Waals surface area contributed by atoms with Gasteiger partial charge in [0, 0.05) is 12.8 Å². The van der Waals surface area contributed by atoms with E-state index in [1.807, 2.05) is 33.3 Å². The molecule has 10 heteroatoms. The van der Waals surface area contributed by atoms with Crippen molar-refractivity contribution in [3.63, 3.8) is 0 Å². The van der Waals surface area contributed by atoms with Crippen LogP contribution in [-0.2, 0) is 27.9 Å². The topological polar surface area (TPSA) is 114 Å². The molecule has 0 spiro atoms. The van der Waals surface area contributed by atoms with Gasteiger partial charge in [0.2, 0.25) is 5.91 Å². The molecule has 0 aromatic heterocycles. The molecule has 0 aliphatic carbocycles. The van der Waals surface area contributed by atoms with Crippen molar-refractivity contribution in [3.8, 4) is 0 Å². The highest BCUT2D eigenvalue weighted by atomic mass is 31.2. The average molecular weight is 1060 g/mol. The van der Waals surface area contributed by atoms with E-state index in [4.69, 9.17) is 13.8 Å². The number of esters is 1. The lowest BCUT2D eigenvalue weighted by Crippen LogP contribution is -2.47. The van der Waals surface area contributed by atoms with Gasteiger partial charge >= 0.3 is 5.97 Å². The third-order valence-electron chi connectivity index (χ3n) is 13.4. The minimum atomic E-state index is -4.70. The van der Waals surface area contributed by atoms with E-state index >= 15 is 0 Å². The van der Waals surface area contributed by atoms with Crippen LogP contribution in [0.15, 0.2) is 72.9 Å². The minimum absolute atomic E-state index is 0.0285. The van der Waals surface area contributed by atoms with Gasteiger partial charge in [-0.05, 0) is 102 Å². The Hall–Kier alpha value is -2.55. The molecule has 9 nitrogen and oxygen atoms in total. The molecule has 0 heterocycles. The van der Waals surface area contributed by atoms with Crippen molar-refractivity contribution >= 4 is 19.7 Å². The summed E-state index contributed by atoms with van der Waals surface area (Å²) in [4.78, 5) is 39.9. The molecule has 0 aliphatic rings. The highest BCUT2D eigenvalue weighted by Gasteiger charge is 2.27. The largest absolute Gasteiger partial charge is 0.756 e. The number of hydrogen-bond donors (Lipinski definition) is 1. The van der Waals surface area contributed by atoms with Crippen molar-refractivity contribution in [3.05, 3.63) is 72.9 Å². The summed E-state index contributed by atoms with van der Waals surface area (Å²) in [6, 6.07) is -0.900. The van der Waals surface area contributed by atoms with Gasteiger partial charge < -0.3 is 28.5 Å². The van der Waals surface area contributed by atoms with Crippen LogP contribution in [0.4, 0.5) is 0 Å². The average Bonchev–Trinajstić information content (AvgIpc) is 3.36. The molecule has 1 N–H and O–H groups in total. The molecule has 0 rings (SSSR count). The highest BCUT2D eigenvalue weighted by molar-refractivity contribution is 7.45. The third-order valence-corrected chi connectivity index (χ3v) is 14.3. The normalized spacial score (nSPS) is 14.2. The van der Waals surface area contributed by atoms with Crippen molar-refractivity contribution in [2.45, 2.75) is 283 Å². The molecule has 0 fully saturated rings. The molecule has 0 aromatic rings. The minimum Gasteiger partial charge on any atom is -0.756 e. The SMILES string of the molecule is CCCCC/C=C\C/C=C\C/C=C\C/C=C\CCCCCCCC(=O)OC(/C=C\CCCCCCCCCCCC)C(COP(=O)([O-])OCC[N+](C)(C)C)NC(=O)CCCCCCCCC/C=C\CCCCCC. The van der Waals surface area contributed by atoms with Crippen LogP contribution in [0.1, 0.15) is 271 Å². The van der Waals surface area contributed by atoms with E-state index in [1.54, 1.807) is 0 Å². The number of phosphoric ester groups is 1. The lowest BCUT2D eigenvalue weighted by molar-refractivity contribution is -0.870. The Labute approximate surface area is 457 Å². The molecule has 0 radical (unpaired) electrons. The lowest BCUT2D eigenvalue weighted by Gasteiger charge is -2.30. The van der Waals surface area contributed by atoms with Crippen molar-refractivity contribution in [1.29, 1.82) is 0 Å². The smallest absolute Gasteiger partial charge is 0.306 e. The van der Waals surface area contributed by atoms with Crippen molar-refractivity contribution in [2.75, 3.05) is 40.9 Å². The fourth-order valence-corrected chi connectivity index (χ4v) is 9.28.